The highest BCUT2D eigenvalue weighted by Crippen LogP contribution is 2.31. The van der Waals surface area contributed by atoms with Crippen molar-refractivity contribution in [3.8, 4) is 11.4 Å². The van der Waals surface area contributed by atoms with Crippen molar-refractivity contribution in [3.05, 3.63) is 59.1 Å². The molecule has 3 rings (SSSR count). The summed E-state index contributed by atoms with van der Waals surface area (Å²) in [5.74, 6) is -0.494. The number of rotatable bonds is 5. The molecule has 11 heteroatoms. The van der Waals surface area contributed by atoms with Gasteiger partial charge in [-0.25, -0.2) is 9.97 Å². The topological polar surface area (TPSA) is 77.0 Å². The Labute approximate surface area is 180 Å². The van der Waals surface area contributed by atoms with Gasteiger partial charge in [0.1, 0.15) is 16.9 Å². The van der Waals surface area contributed by atoms with E-state index in [4.69, 9.17) is 28.9 Å². The number of amides is 1. The van der Waals surface area contributed by atoms with Gasteiger partial charge in [0.2, 0.25) is 5.91 Å². The van der Waals surface area contributed by atoms with Crippen molar-refractivity contribution in [1.82, 2.24) is 14.5 Å². The number of aromatic nitrogens is 3. The van der Waals surface area contributed by atoms with Crippen LogP contribution in [0.1, 0.15) is 11.3 Å². The number of anilines is 2. The molecular formula is C19H16Cl2F3N5O. The Morgan fingerprint density at radius 3 is 2.50 bits per heavy atom. The third-order valence-electron chi connectivity index (χ3n) is 4.30. The number of pyridine rings is 1. The van der Waals surface area contributed by atoms with Gasteiger partial charge in [-0.05, 0) is 5.56 Å². The molecule has 0 radical (unpaired) electrons. The van der Waals surface area contributed by atoms with E-state index < -0.39 is 17.8 Å². The number of carbonyl (C=O) groups excluding carboxylic acids is 1. The lowest BCUT2D eigenvalue weighted by atomic mass is 10.1. The summed E-state index contributed by atoms with van der Waals surface area (Å²) in [6.45, 7) is 0.130. The molecule has 2 N–H and O–H groups in total. The van der Waals surface area contributed by atoms with Crippen LogP contribution in [0.25, 0.3) is 11.4 Å². The smallest absolute Gasteiger partial charge is 0.396 e. The first-order valence-electron chi connectivity index (χ1n) is 8.57. The minimum atomic E-state index is -4.52. The molecule has 2 aromatic heterocycles. The van der Waals surface area contributed by atoms with Gasteiger partial charge in [-0.3, -0.25) is 4.79 Å². The van der Waals surface area contributed by atoms with Crippen LogP contribution in [-0.2, 0) is 24.6 Å². The van der Waals surface area contributed by atoms with Gasteiger partial charge in [0.25, 0.3) is 0 Å². The average molecular weight is 458 g/mol. The van der Waals surface area contributed by atoms with Crippen LogP contribution in [0.4, 0.5) is 24.5 Å². The SMILES string of the molecule is Cn1cc(C(F)(F)F)nc1-c1ccc(CN(C(=O)CCl)c2cc(Cl)ncc2N)cc1. The van der Waals surface area contributed by atoms with Gasteiger partial charge in [-0.1, -0.05) is 35.9 Å². The molecular weight excluding hydrogens is 442 g/mol. The van der Waals surface area contributed by atoms with E-state index in [1.54, 1.807) is 24.3 Å². The third-order valence-corrected chi connectivity index (χ3v) is 4.74. The number of alkyl halides is 4. The highest BCUT2D eigenvalue weighted by molar-refractivity contribution is 6.31. The molecule has 6 nitrogen and oxygen atoms in total. The summed E-state index contributed by atoms with van der Waals surface area (Å²) >= 11 is 11.7. The Morgan fingerprint density at radius 1 is 1.27 bits per heavy atom. The van der Waals surface area contributed by atoms with Gasteiger partial charge in [0, 0.05) is 24.9 Å². The number of hydrogen-bond donors (Lipinski definition) is 1. The average Bonchev–Trinajstić information content (AvgIpc) is 3.10. The van der Waals surface area contributed by atoms with E-state index in [2.05, 4.69) is 9.97 Å². The molecule has 2 heterocycles. The van der Waals surface area contributed by atoms with E-state index in [0.717, 1.165) is 6.20 Å². The van der Waals surface area contributed by atoms with Gasteiger partial charge in [-0.2, -0.15) is 13.2 Å². The number of hydrogen-bond acceptors (Lipinski definition) is 4. The largest absolute Gasteiger partial charge is 0.434 e. The number of halogens is 5. The van der Waals surface area contributed by atoms with E-state index in [1.807, 2.05) is 0 Å². The monoisotopic (exact) mass is 457 g/mol. The van der Waals surface area contributed by atoms with Crippen LogP contribution in [0.15, 0.2) is 42.7 Å². The Morgan fingerprint density at radius 2 is 1.93 bits per heavy atom. The van der Waals surface area contributed by atoms with E-state index in [1.165, 1.54) is 28.8 Å². The molecule has 0 fully saturated rings. The molecule has 0 unspecified atom stereocenters. The van der Waals surface area contributed by atoms with E-state index in [-0.39, 0.29) is 29.1 Å². The standard InChI is InChI=1S/C19H16Cl2F3N5O/c1-28-10-15(19(22,23)24)27-18(28)12-4-2-11(3-5-12)9-29(17(30)7-20)14-6-16(21)26-8-13(14)25/h2-6,8,10H,7,9,25H2,1H3. The van der Waals surface area contributed by atoms with Crippen molar-refractivity contribution in [2.24, 2.45) is 7.05 Å². The zero-order valence-corrected chi connectivity index (χ0v) is 17.1. The van der Waals surface area contributed by atoms with E-state index in [9.17, 15) is 18.0 Å². The predicted octanol–water partition coefficient (Wildman–Crippen LogP) is 4.51. The summed E-state index contributed by atoms with van der Waals surface area (Å²) in [7, 11) is 1.49. The molecule has 0 spiro atoms. The van der Waals surface area contributed by atoms with E-state index in [0.29, 0.717) is 16.8 Å². The highest BCUT2D eigenvalue weighted by Gasteiger charge is 2.34. The summed E-state index contributed by atoms with van der Waals surface area (Å²) in [6.07, 6.45) is -2.25. The van der Waals surface area contributed by atoms with Crippen LogP contribution in [0.3, 0.4) is 0 Å². The maximum Gasteiger partial charge on any atom is 0.434 e. The lowest BCUT2D eigenvalue weighted by Crippen LogP contribution is -2.32. The normalized spacial score (nSPS) is 11.5. The molecule has 1 aromatic carbocycles. The molecule has 0 saturated heterocycles. The third kappa shape index (κ3) is 4.68. The Bertz CT molecular complexity index is 1070. The summed E-state index contributed by atoms with van der Waals surface area (Å²) in [4.78, 5) is 21.3. The van der Waals surface area contributed by atoms with E-state index >= 15 is 0 Å². The minimum Gasteiger partial charge on any atom is -0.396 e. The number of carbonyl (C=O) groups is 1. The van der Waals surface area contributed by atoms with Crippen molar-refractivity contribution in [3.63, 3.8) is 0 Å². The van der Waals surface area contributed by atoms with Crippen LogP contribution in [0.2, 0.25) is 5.15 Å². The predicted molar refractivity (Wildman–Crippen MR) is 109 cm³/mol. The maximum absolute atomic E-state index is 12.9. The first kappa shape index (κ1) is 21.9. The molecule has 0 atom stereocenters. The highest BCUT2D eigenvalue weighted by atomic mass is 35.5. The fourth-order valence-corrected chi connectivity index (χ4v) is 3.15. The van der Waals surface area contributed by atoms with Gasteiger partial charge in [0.05, 0.1) is 24.1 Å². The summed E-state index contributed by atoms with van der Waals surface area (Å²) in [5, 5.41) is 0.164. The molecule has 0 aliphatic heterocycles. The minimum absolute atomic E-state index is 0.130. The summed E-state index contributed by atoms with van der Waals surface area (Å²) in [5.41, 5.74) is 6.78. The van der Waals surface area contributed by atoms with Gasteiger partial charge in [0.15, 0.2) is 5.69 Å². The molecule has 0 aliphatic rings. The Hall–Kier alpha value is -2.78. The lowest BCUT2D eigenvalue weighted by molar-refractivity contribution is -0.140. The number of aryl methyl sites for hydroxylation is 1. The van der Waals surface area contributed by atoms with Crippen LogP contribution < -0.4 is 10.6 Å². The van der Waals surface area contributed by atoms with Crippen molar-refractivity contribution in [1.29, 1.82) is 0 Å². The van der Waals surface area contributed by atoms with Crippen LogP contribution in [0.5, 0.6) is 0 Å². The zero-order valence-electron chi connectivity index (χ0n) is 15.6. The van der Waals surface area contributed by atoms with Crippen molar-refractivity contribution < 1.29 is 18.0 Å². The molecule has 0 bridgehead atoms. The second kappa shape index (κ2) is 8.53. The molecule has 1 amide bonds. The molecule has 3 aromatic rings. The van der Waals surface area contributed by atoms with Gasteiger partial charge < -0.3 is 15.2 Å². The number of nitrogens with zero attached hydrogens (tertiary/aromatic N) is 4. The molecule has 30 heavy (non-hydrogen) atoms. The molecule has 0 saturated carbocycles. The summed E-state index contributed by atoms with van der Waals surface area (Å²) in [6, 6.07) is 8.09. The fraction of sp³-hybridized carbons (Fsp3) is 0.211. The van der Waals surface area contributed by atoms with Gasteiger partial charge in [-0.15, -0.1) is 11.6 Å². The Kier molecular flexibility index (Phi) is 6.23. The first-order chi connectivity index (χ1) is 14.1. The second-order valence-electron chi connectivity index (χ2n) is 6.43. The number of imidazole rings is 1. The maximum atomic E-state index is 12.9. The zero-order chi connectivity index (χ0) is 22.1. The summed E-state index contributed by atoms with van der Waals surface area (Å²) < 4.78 is 40.0. The van der Waals surface area contributed by atoms with Crippen molar-refractivity contribution >= 4 is 40.5 Å². The lowest BCUT2D eigenvalue weighted by Gasteiger charge is -2.23. The number of benzene rings is 1. The first-order valence-corrected chi connectivity index (χ1v) is 9.48. The van der Waals surface area contributed by atoms with Crippen molar-refractivity contribution in [2.45, 2.75) is 12.7 Å². The van der Waals surface area contributed by atoms with Gasteiger partial charge >= 0.3 is 6.18 Å². The van der Waals surface area contributed by atoms with Crippen molar-refractivity contribution in [2.75, 3.05) is 16.5 Å². The van der Waals surface area contributed by atoms with Crippen LogP contribution in [-0.4, -0.2) is 26.3 Å². The number of nitrogens with two attached hydrogens (primary N) is 1. The fourth-order valence-electron chi connectivity index (χ4n) is 2.86. The molecule has 158 valence electrons. The quantitative estimate of drug-likeness (QED) is 0.451. The van der Waals surface area contributed by atoms with Crippen LogP contribution in [0, 0.1) is 0 Å². The number of nitrogen functional groups attached to an aromatic ring is 1. The Balaban J connectivity index is 1.89. The van der Waals surface area contributed by atoms with Crippen LogP contribution >= 0.6 is 23.2 Å². The second-order valence-corrected chi connectivity index (χ2v) is 7.09. The molecule has 0 aliphatic carbocycles.